The van der Waals surface area contributed by atoms with Crippen LogP contribution in [0.1, 0.15) is 23.6 Å². The lowest BCUT2D eigenvalue weighted by Crippen LogP contribution is -2.27. The van der Waals surface area contributed by atoms with Gasteiger partial charge in [0.05, 0.1) is 22.9 Å². The number of halogens is 2. The van der Waals surface area contributed by atoms with Crippen LogP contribution in [0.2, 0.25) is 5.02 Å². The van der Waals surface area contributed by atoms with Crippen LogP contribution in [0.15, 0.2) is 82.8 Å². The van der Waals surface area contributed by atoms with Crippen molar-refractivity contribution >= 4 is 43.0 Å². The predicted octanol–water partition coefficient (Wildman–Crippen LogP) is 4.39. The first-order chi connectivity index (χ1) is 15.5. The fourth-order valence-electron chi connectivity index (χ4n) is 3.53. The van der Waals surface area contributed by atoms with E-state index in [0.29, 0.717) is 22.5 Å². The van der Waals surface area contributed by atoms with Gasteiger partial charge in [0.2, 0.25) is 10.0 Å². The molecule has 0 aliphatic carbocycles. The minimum atomic E-state index is -4.10. The first-order valence-electron chi connectivity index (χ1n) is 9.74. The largest absolute Gasteiger partial charge is 0.284 e. The van der Waals surface area contributed by atoms with E-state index in [4.69, 9.17) is 11.6 Å². The van der Waals surface area contributed by atoms with Crippen LogP contribution < -0.4 is 4.72 Å². The SMILES string of the molecule is CS(=O)(=O)Nc1ccc(C2=NN(S(=O)(=O)c3cccc(Cl)c3)[C@H](c3cccc(F)c3)C2)cc1. The first kappa shape index (κ1) is 23.2. The van der Waals surface area contributed by atoms with E-state index >= 15 is 0 Å². The number of nitrogens with one attached hydrogen (secondary N) is 1. The molecule has 7 nitrogen and oxygen atoms in total. The standard InChI is InChI=1S/C22H19ClFN3O4S2/c1-32(28,29)26-19-10-8-15(9-11-19)21-14-22(16-4-2-6-18(24)12-16)27(25-21)33(30,31)20-7-3-5-17(23)13-20/h2-13,22,26H,14H2,1H3/t22-/m0/s1. The lowest BCUT2D eigenvalue weighted by molar-refractivity contribution is 0.370. The van der Waals surface area contributed by atoms with Crippen molar-refractivity contribution in [3.8, 4) is 0 Å². The van der Waals surface area contributed by atoms with Crippen LogP contribution in [0, 0.1) is 5.82 Å². The summed E-state index contributed by atoms with van der Waals surface area (Å²) in [7, 11) is -7.53. The van der Waals surface area contributed by atoms with Crippen LogP contribution >= 0.6 is 11.6 Å². The Balaban J connectivity index is 1.75. The number of anilines is 1. The highest BCUT2D eigenvalue weighted by Gasteiger charge is 2.38. The molecule has 0 saturated carbocycles. The minimum absolute atomic E-state index is 0.0332. The summed E-state index contributed by atoms with van der Waals surface area (Å²) in [5, 5.41) is 4.65. The molecule has 1 aliphatic heterocycles. The van der Waals surface area contributed by atoms with E-state index in [1.165, 1.54) is 36.4 Å². The summed E-state index contributed by atoms with van der Waals surface area (Å²) in [6.07, 6.45) is 1.24. The zero-order valence-electron chi connectivity index (χ0n) is 17.3. The molecule has 0 bridgehead atoms. The van der Waals surface area contributed by atoms with Crippen LogP contribution in [0.25, 0.3) is 0 Å². The average Bonchev–Trinajstić information content (AvgIpc) is 3.20. The number of hydrazone groups is 1. The quantitative estimate of drug-likeness (QED) is 0.535. The van der Waals surface area contributed by atoms with Crippen molar-refractivity contribution in [1.29, 1.82) is 0 Å². The second-order valence-electron chi connectivity index (χ2n) is 7.51. The number of hydrogen-bond acceptors (Lipinski definition) is 5. The summed E-state index contributed by atoms with van der Waals surface area (Å²) in [5.74, 6) is -0.489. The number of sulfonamides is 2. The molecule has 3 aromatic carbocycles. The van der Waals surface area contributed by atoms with Crippen molar-refractivity contribution in [3.05, 3.63) is 94.8 Å². The van der Waals surface area contributed by atoms with Gasteiger partial charge >= 0.3 is 0 Å². The zero-order chi connectivity index (χ0) is 23.8. The highest BCUT2D eigenvalue weighted by Crippen LogP contribution is 2.37. The van der Waals surface area contributed by atoms with Gasteiger partial charge in [-0.25, -0.2) is 12.8 Å². The lowest BCUT2D eigenvalue weighted by Gasteiger charge is -2.23. The lowest BCUT2D eigenvalue weighted by atomic mass is 9.99. The van der Waals surface area contributed by atoms with Crippen LogP contribution in [0.5, 0.6) is 0 Å². The molecule has 0 spiro atoms. The highest BCUT2D eigenvalue weighted by atomic mass is 35.5. The third-order valence-electron chi connectivity index (χ3n) is 4.97. The van der Waals surface area contributed by atoms with Gasteiger partial charge in [0.1, 0.15) is 5.82 Å². The van der Waals surface area contributed by atoms with E-state index in [-0.39, 0.29) is 16.3 Å². The average molecular weight is 508 g/mol. The third-order valence-corrected chi connectivity index (χ3v) is 7.49. The van der Waals surface area contributed by atoms with E-state index < -0.39 is 31.9 Å². The molecule has 172 valence electrons. The molecule has 33 heavy (non-hydrogen) atoms. The highest BCUT2D eigenvalue weighted by molar-refractivity contribution is 7.92. The van der Waals surface area contributed by atoms with Gasteiger partial charge in [-0.15, -0.1) is 0 Å². The van der Waals surface area contributed by atoms with Crippen molar-refractivity contribution in [2.45, 2.75) is 17.4 Å². The minimum Gasteiger partial charge on any atom is -0.284 e. The Labute approximate surface area is 196 Å². The summed E-state index contributed by atoms with van der Waals surface area (Å²) >= 11 is 6.00. The second kappa shape index (κ2) is 8.77. The molecule has 0 radical (unpaired) electrons. The Kier molecular flexibility index (Phi) is 6.17. The maximum absolute atomic E-state index is 13.9. The van der Waals surface area contributed by atoms with E-state index in [2.05, 4.69) is 9.82 Å². The maximum atomic E-state index is 13.9. The molecule has 1 heterocycles. The summed E-state index contributed by atoms with van der Waals surface area (Å²) in [6.45, 7) is 0. The van der Waals surface area contributed by atoms with Crippen LogP contribution in [0.3, 0.4) is 0 Å². The van der Waals surface area contributed by atoms with Crippen LogP contribution in [-0.2, 0) is 20.0 Å². The molecule has 3 aromatic rings. The second-order valence-corrected chi connectivity index (χ2v) is 11.5. The topological polar surface area (TPSA) is 95.9 Å². The Morgan fingerprint density at radius 3 is 2.33 bits per heavy atom. The fraction of sp³-hybridized carbons (Fsp3) is 0.136. The van der Waals surface area contributed by atoms with Crippen molar-refractivity contribution in [1.82, 2.24) is 4.41 Å². The van der Waals surface area contributed by atoms with Gasteiger partial charge in [-0.05, 0) is 53.6 Å². The predicted molar refractivity (Wildman–Crippen MR) is 126 cm³/mol. The van der Waals surface area contributed by atoms with Gasteiger partial charge in [-0.1, -0.05) is 41.9 Å². The molecule has 1 aliphatic rings. The van der Waals surface area contributed by atoms with Crippen LogP contribution in [-0.4, -0.2) is 33.2 Å². The van der Waals surface area contributed by atoms with Crippen molar-refractivity contribution in [3.63, 3.8) is 0 Å². The zero-order valence-corrected chi connectivity index (χ0v) is 19.7. The van der Waals surface area contributed by atoms with E-state index in [0.717, 1.165) is 10.7 Å². The van der Waals surface area contributed by atoms with Crippen molar-refractivity contribution in [2.75, 3.05) is 11.0 Å². The Bertz CT molecular complexity index is 1440. The Hall–Kier alpha value is -2.95. The van der Waals surface area contributed by atoms with Gasteiger partial charge in [-0.3, -0.25) is 4.72 Å². The fourth-order valence-corrected chi connectivity index (χ4v) is 5.83. The number of rotatable bonds is 6. The molecule has 11 heteroatoms. The van der Waals surface area contributed by atoms with Crippen molar-refractivity contribution < 1.29 is 21.2 Å². The molecule has 0 unspecified atom stereocenters. The smallest absolute Gasteiger partial charge is 0.279 e. The summed E-state index contributed by atoms with van der Waals surface area (Å²) in [6, 6.07) is 17.2. The molecule has 0 saturated heterocycles. The monoisotopic (exact) mass is 507 g/mol. The third kappa shape index (κ3) is 5.18. The molecule has 0 fully saturated rings. The van der Waals surface area contributed by atoms with Gasteiger partial charge in [0.25, 0.3) is 10.0 Å². The molecule has 1 N–H and O–H groups in total. The molecule has 4 rings (SSSR count). The van der Waals surface area contributed by atoms with E-state index in [1.54, 1.807) is 36.4 Å². The first-order valence-corrected chi connectivity index (χ1v) is 13.4. The molecule has 1 atom stereocenters. The maximum Gasteiger partial charge on any atom is 0.279 e. The molecule has 0 amide bonds. The number of nitrogens with zero attached hydrogens (tertiary/aromatic N) is 2. The summed E-state index contributed by atoms with van der Waals surface area (Å²) in [5.41, 5.74) is 1.89. The molecular weight excluding hydrogens is 489 g/mol. The van der Waals surface area contributed by atoms with Gasteiger partial charge < -0.3 is 0 Å². The van der Waals surface area contributed by atoms with Crippen LogP contribution in [0.4, 0.5) is 10.1 Å². The van der Waals surface area contributed by atoms with Gasteiger partial charge in [0.15, 0.2) is 0 Å². The number of benzene rings is 3. The summed E-state index contributed by atoms with van der Waals surface area (Å²) < 4.78 is 67.0. The van der Waals surface area contributed by atoms with Crippen molar-refractivity contribution in [2.24, 2.45) is 5.10 Å². The molecular formula is C22H19ClFN3O4S2. The van der Waals surface area contributed by atoms with Gasteiger partial charge in [0, 0.05) is 17.1 Å². The number of hydrogen-bond donors (Lipinski definition) is 1. The normalized spacial score (nSPS) is 16.5. The Morgan fingerprint density at radius 2 is 1.70 bits per heavy atom. The van der Waals surface area contributed by atoms with E-state index in [9.17, 15) is 21.2 Å². The Morgan fingerprint density at radius 1 is 1.00 bits per heavy atom. The van der Waals surface area contributed by atoms with E-state index in [1.807, 2.05) is 0 Å². The molecule has 0 aromatic heterocycles. The van der Waals surface area contributed by atoms with Gasteiger partial charge in [-0.2, -0.15) is 17.9 Å². The summed E-state index contributed by atoms with van der Waals surface area (Å²) in [4.78, 5) is -0.0332.